The lowest BCUT2D eigenvalue weighted by Crippen LogP contribution is -2.46. The predicted octanol–water partition coefficient (Wildman–Crippen LogP) is 3.14. The van der Waals surface area contributed by atoms with Gasteiger partial charge in [0.2, 0.25) is 12.3 Å². The number of nitrogens with two attached hydrogens (primary N) is 2. The molecule has 13 nitrogen and oxygen atoms in total. The van der Waals surface area contributed by atoms with Crippen molar-refractivity contribution in [3.8, 4) is 0 Å². The fraction of sp³-hybridized carbons (Fsp3) is 0.848. The van der Waals surface area contributed by atoms with Gasteiger partial charge in [-0.25, -0.2) is 4.79 Å². The maximum Gasteiger partial charge on any atom is 0.312 e. The van der Waals surface area contributed by atoms with Crippen LogP contribution in [0.4, 0.5) is 4.79 Å². The van der Waals surface area contributed by atoms with Gasteiger partial charge in [-0.05, 0) is 59.7 Å². The number of unbranched alkanes of at least 4 members (excludes halogenated alkanes) is 2. The highest BCUT2D eigenvalue weighted by Gasteiger charge is 2.21. The van der Waals surface area contributed by atoms with Gasteiger partial charge in [-0.2, -0.15) is 0 Å². The van der Waals surface area contributed by atoms with Crippen LogP contribution in [0.15, 0.2) is 0 Å². The zero-order valence-electron chi connectivity index (χ0n) is 31.8. The van der Waals surface area contributed by atoms with Gasteiger partial charge in [0.05, 0.1) is 31.3 Å². The first kappa shape index (κ1) is 55.8. The van der Waals surface area contributed by atoms with Crippen LogP contribution in [0.25, 0.3) is 0 Å². The Morgan fingerprint density at radius 1 is 0.891 bits per heavy atom. The van der Waals surface area contributed by atoms with E-state index < -0.39 is 6.03 Å². The highest BCUT2D eigenvalue weighted by molar-refractivity contribution is 5.83. The summed E-state index contributed by atoms with van der Waals surface area (Å²) in [6.45, 7) is 25.9. The van der Waals surface area contributed by atoms with Crippen LogP contribution in [-0.2, 0) is 23.9 Å². The van der Waals surface area contributed by atoms with Crippen LogP contribution in [0.2, 0.25) is 0 Å². The van der Waals surface area contributed by atoms with Gasteiger partial charge in [-0.1, -0.05) is 68.7 Å². The fourth-order valence-corrected chi connectivity index (χ4v) is 2.95. The Kier molecular flexibility index (Phi) is 51.4. The van der Waals surface area contributed by atoms with Crippen molar-refractivity contribution in [3.63, 3.8) is 0 Å². The highest BCUT2D eigenvalue weighted by Crippen LogP contribution is 2.14. The molecule has 0 aliphatic rings. The monoisotopic (exact) mass is 666 g/mol. The number of amides is 4. The minimum Gasteiger partial charge on any atom is -0.378 e. The Hall–Kier alpha value is -2.61. The number of ether oxygens (including phenoxy) is 1. The second-order valence-electron chi connectivity index (χ2n) is 11.7. The standard InChI is InChI=1S/C11H24N2O2.C8H16N2O2.C5H11NO.C4H10N2O.C3H8.C2H6/c1-10(2,6-12-5)7-15-8-11(3,4)13-9-14;1-6(2)7(9-3)8(12)10-4-5-11;6-4-2-1-3-5-7;1-2-3-6-4(5)7;1-3-2;1-2/h9,12H,6-8H2,1-5H3,(H,13,14);5-7,9H,4H2,1-3H3,(H,10,12);5H,1-4,6H2;2-3H2,1H3,(H3,5,6,7);3H2,1-2H3;1-2H3. The van der Waals surface area contributed by atoms with Gasteiger partial charge < -0.3 is 52.4 Å². The molecule has 0 saturated heterocycles. The van der Waals surface area contributed by atoms with Crippen molar-refractivity contribution in [1.82, 2.24) is 26.6 Å². The molecule has 1 atom stereocenters. The quantitative estimate of drug-likeness (QED) is 0.0798. The van der Waals surface area contributed by atoms with Crippen LogP contribution < -0.4 is 38.1 Å². The van der Waals surface area contributed by atoms with E-state index in [1.807, 2.05) is 55.5 Å². The number of primary amides is 1. The molecule has 0 saturated carbocycles. The first-order valence-corrected chi connectivity index (χ1v) is 16.6. The molecule has 9 N–H and O–H groups in total. The molecule has 0 aromatic heterocycles. The van der Waals surface area contributed by atoms with Crippen molar-refractivity contribution in [1.29, 1.82) is 0 Å². The minimum absolute atomic E-state index is 0.0870. The summed E-state index contributed by atoms with van der Waals surface area (Å²) in [7, 11) is 3.66. The third-order valence-corrected chi connectivity index (χ3v) is 5.01. The second kappa shape index (κ2) is 42.4. The predicted molar refractivity (Wildman–Crippen MR) is 193 cm³/mol. The van der Waals surface area contributed by atoms with Gasteiger partial charge >= 0.3 is 6.03 Å². The topological polar surface area (TPSA) is 207 Å². The van der Waals surface area contributed by atoms with E-state index in [1.165, 1.54) is 6.42 Å². The number of rotatable bonds is 19. The summed E-state index contributed by atoms with van der Waals surface area (Å²) in [6.07, 6.45) is 7.07. The summed E-state index contributed by atoms with van der Waals surface area (Å²) < 4.78 is 5.61. The molecule has 4 amide bonds. The van der Waals surface area contributed by atoms with Crippen LogP contribution >= 0.6 is 0 Å². The lowest BCUT2D eigenvalue weighted by Gasteiger charge is -2.28. The summed E-state index contributed by atoms with van der Waals surface area (Å²) in [6, 6.07) is -0.660. The number of aldehydes is 2. The maximum absolute atomic E-state index is 11.2. The number of carbonyl (C=O) groups is 5. The van der Waals surface area contributed by atoms with E-state index in [9.17, 15) is 24.0 Å². The molecule has 13 heteroatoms. The van der Waals surface area contributed by atoms with E-state index >= 15 is 0 Å². The third-order valence-electron chi connectivity index (χ3n) is 5.01. The van der Waals surface area contributed by atoms with Crippen molar-refractivity contribution in [2.75, 3.05) is 53.5 Å². The molecule has 0 radical (unpaired) electrons. The van der Waals surface area contributed by atoms with Gasteiger partial charge in [0.25, 0.3) is 0 Å². The molecule has 0 bridgehead atoms. The van der Waals surface area contributed by atoms with Crippen molar-refractivity contribution in [2.45, 2.75) is 120 Å². The summed E-state index contributed by atoms with van der Waals surface area (Å²) in [4.78, 5) is 51.0. The van der Waals surface area contributed by atoms with Crippen LogP contribution in [0.5, 0.6) is 0 Å². The smallest absolute Gasteiger partial charge is 0.312 e. The molecule has 0 rings (SSSR count). The lowest BCUT2D eigenvalue weighted by atomic mass is 9.95. The van der Waals surface area contributed by atoms with Crippen molar-refractivity contribution < 1.29 is 28.7 Å². The van der Waals surface area contributed by atoms with Crippen molar-refractivity contribution in [2.24, 2.45) is 22.8 Å². The Balaban J connectivity index is -0.000000115. The van der Waals surface area contributed by atoms with Crippen molar-refractivity contribution >= 4 is 30.9 Å². The molecule has 0 aromatic carbocycles. The SMILES string of the molecule is CC.CCC.CCCNC(N)=O.CNC(C(=O)NCC=O)C(C)C.CNCC(C)(C)COCC(C)(C)NC=O.NCCCCC=O. The summed E-state index contributed by atoms with van der Waals surface area (Å²) in [5, 5.41) is 13.7. The zero-order valence-corrected chi connectivity index (χ0v) is 31.8. The number of nitrogens with one attached hydrogen (secondary N) is 5. The highest BCUT2D eigenvalue weighted by atomic mass is 16.5. The molecule has 0 aliphatic heterocycles. The second-order valence-corrected chi connectivity index (χ2v) is 11.7. The summed E-state index contributed by atoms with van der Waals surface area (Å²) >= 11 is 0. The summed E-state index contributed by atoms with van der Waals surface area (Å²) in [5.74, 6) is 0.0984. The molecule has 0 aliphatic carbocycles. The average Bonchev–Trinajstić information content (AvgIpc) is 2.97. The van der Waals surface area contributed by atoms with Crippen LogP contribution in [0.3, 0.4) is 0 Å². The van der Waals surface area contributed by atoms with Gasteiger partial charge in [0, 0.05) is 24.9 Å². The molecule has 1 unspecified atom stereocenters. The summed E-state index contributed by atoms with van der Waals surface area (Å²) in [5.41, 5.74) is 9.70. The lowest BCUT2D eigenvalue weighted by molar-refractivity contribution is -0.125. The fourth-order valence-electron chi connectivity index (χ4n) is 2.95. The van der Waals surface area contributed by atoms with E-state index in [1.54, 1.807) is 7.05 Å². The number of likely N-dealkylation sites (N-methyl/N-ethyl adjacent to an activating group) is 1. The van der Waals surface area contributed by atoms with Crippen LogP contribution in [0.1, 0.15) is 108 Å². The van der Waals surface area contributed by atoms with E-state index in [4.69, 9.17) is 16.2 Å². The Morgan fingerprint density at radius 2 is 1.43 bits per heavy atom. The van der Waals surface area contributed by atoms with Gasteiger partial charge in [-0.15, -0.1) is 0 Å². The molecule has 46 heavy (non-hydrogen) atoms. The first-order valence-electron chi connectivity index (χ1n) is 16.6. The van der Waals surface area contributed by atoms with Gasteiger partial charge in [0.1, 0.15) is 12.6 Å². The van der Waals surface area contributed by atoms with E-state index in [0.29, 0.717) is 45.4 Å². The number of hydrogen-bond donors (Lipinski definition) is 7. The number of hydrogen-bond acceptors (Lipinski definition) is 9. The molecule has 0 aromatic rings. The molecular weight excluding hydrogens is 590 g/mol. The first-order chi connectivity index (χ1) is 21.6. The van der Waals surface area contributed by atoms with Gasteiger partial charge in [0.15, 0.2) is 0 Å². The van der Waals surface area contributed by atoms with E-state index in [0.717, 1.165) is 32.1 Å². The Labute approximate surface area is 282 Å². The minimum atomic E-state index is -0.443. The Morgan fingerprint density at radius 3 is 1.76 bits per heavy atom. The van der Waals surface area contributed by atoms with E-state index in [2.05, 4.69) is 54.3 Å². The zero-order chi connectivity index (χ0) is 37.5. The molecule has 278 valence electrons. The molecule has 0 fully saturated rings. The van der Waals surface area contributed by atoms with Gasteiger partial charge in [-0.3, -0.25) is 9.59 Å². The van der Waals surface area contributed by atoms with Crippen molar-refractivity contribution in [3.05, 3.63) is 0 Å². The number of carbonyl (C=O) groups excluding carboxylic acids is 5. The molecule has 0 spiro atoms. The third kappa shape index (κ3) is 53.9. The Bertz CT molecular complexity index is 679. The normalized spacial score (nSPS) is 10.5. The largest absolute Gasteiger partial charge is 0.378 e. The molecule has 0 heterocycles. The average molecular weight is 666 g/mol. The van der Waals surface area contributed by atoms with Crippen LogP contribution in [-0.4, -0.2) is 96.0 Å². The maximum atomic E-state index is 11.2. The molecular formula is C33H75N7O6. The van der Waals surface area contributed by atoms with Crippen LogP contribution in [0, 0.1) is 11.3 Å². The van der Waals surface area contributed by atoms with E-state index in [-0.39, 0.29) is 35.4 Å². The number of urea groups is 1.